The first-order valence-corrected chi connectivity index (χ1v) is 6.55. The molecule has 0 heterocycles. The van der Waals surface area contributed by atoms with E-state index in [0.29, 0.717) is 0 Å². The van der Waals surface area contributed by atoms with Crippen molar-refractivity contribution in [3.63, 3.8) is 0 Å². The van der Waals surface area contributed by atoms with Gasteiger partial charge in [0.1, 0.15) is 0 Å². The minimum Gasteiger partial charge on any atom is -0.0925 e. The van der Waals surface area contributed by atoms with Gasteiger partial charge in [0.2, 0.25) is 0 Å². The zero-order valence-corrected chi connectivity index (χ0v) is 9.09. The number of halogens is 1. The molecule has 0 N–H and O–H groups in total. The second kappa shape index (κ2) is 2.73. The molecule has 0 radical (unpaired) electrons. The molecule has 4 bridgehead atoms. The van der Waals surface area contributed by atoms with Gasteiger partial charge in [-0.2, -0.15) is 0 Å². The van der Waals surface area contributed by atoms with Crippen molar-refractivity contribution < 1.29 is 0 Å². The van der Waals surface area contributed by atoms with Gasteiger partial charge in [0.05, 0.1) is 0 Å². The highest BCUT2D eigenvalue weighted by Crippen LogP contribution is 2.56. The van der Waals surface area contributed by atoms with Crippen LogP contribution < -0.4 is 0 Å². The zero-order valence-electron chi connectivity index (χ0n) is 7.51. The molecule has 4 saturated carbocycles. The van der Waals surface area contributed by atoms with Crippen LogP contribution in [0, 0.1) is 29.6 Å². The molecule has 0 aromatic heterocycles. The van der Waals surface area contributed by atoms with Crippen LogP contribution in [0.4, 0.5) is 0 Å². The maximum Gasteiger partial charge on any atom is 0.00649 e. The van der Waals surface area contributed by atoms with Crippen LogP contribution in [0.15, 0.2) is 0 Å². The van der Waals surface area contributed by atoms with E-state index in [1.165, 1.54) is 5.33 Å². The van der Waals surface area contributed by atoms with Gasteiger partial charge in [-0.3, -0.25) is 0 Å². The van der Waals surface area contributed by atoms with E-state index >= 15 is 0 Å². The van der Waals surface area contributed by atoms with Gasteiger partial charge in [-0.05, 0) is 61.7 Å². The molecule has 0 nitrogen and oxygen atoms in total. The van der Waals surface area contributed by atoms with E-state index in [2.05, 4.69) is 15.9 Å². The molecule has 4 fully saturated rings. The molecule has 4 aliphatic carbocycles. The summed E-state index contributed by atoms with van der Waals surface area (Å²) in [6.45, 7) is 0. The fourth-order valence-electron chi connectivity index (χ4n) is 4.29. The first-order chi connectivity index (χ1) is 5.86. The van der Waals surface area contributed by atoms with E-state index in [4.69, 9.17) is 0 Å². The Balaban J connectivity index is 1.86. The average molecular weight is 229 g/mol. The smallest absolute Gasteiger partial charge is 0.00649 e. The van der Waals surface area contributed by atoms with Gasteiger partial charge in [-0.15, -0.1) is 0 Å². The number of alkyl halides is 1. The quantitative estimate of drug-likeness (QED) is 0.604. The standard InChI is InChI=1S/C11H17Br/c12-6-11-9-2-7-1-8(4-9)5-10(11)3-7/h7-11H,1-6H2. The van der Waals surface area contributed by atoms with E-state index in [9.17, 15) is 0 Å². The summed E-state index contributed by atoms with van der Waals surface area (Å²) in [6, 6.07) is 0. The number of hydrogen-bond acceptors (Lipinski definition) is 0. The molecule has 0 aromatic rings. The molecular formula is C11H17Br. The van der Waals surface area contributed by atoms with Crippen LogP contribution in [0.5, 0.6) is 0 Å². The third-order valence-corrected chi connectivity index (χ3v) is 5.35. The summed E-state index contributed by atoms with van der Waals surface area (Å²) in [5.74, 6) is 5.56. The number of rotatable bonds is 1. The van der Waals surface area contributed by atoms with Crippen molar-refractivity contribution in [2.75, 3.05) is 5.33 Å². The molecule has 0 aromatic carbocycles. The van der Waals surface area contributed by atoms with Crippen LogP contribution in [0.2, 0.25) is 0 Å². The topological polar surface area (TPSA) is 0 Å². The van der Waals surface area contributed by atoms with Crippen molar-refractivity contribution in [3.8, 4) is 0 Å². The largest absolute Gasteiger partial charge is 0.0925 e. The van der Waals surface area contributed by atoms with Gasteiger partial charge in [-0.25, -0.2) is 0 Å². The maximum atomic E-state index is 3.70. The maximum absolute atomic E-state index is 3.70. The fourth-order valence-corrected chi connectivity index (χ4v) is 5.35. The molecule has 4 aliphatic rings. The molecule has 0 unspecified atom stereocenters. The van der Waals surface area contributed by atoms with Crippen LogP contribution >= 0.6 is 15.9 Å². The summed E-state index contributed by atoms with van der Waals surface area (Å²) >= 11 is 3.70. The van der Waals surface area contributed by atoms with Crippen LogP contribution in [-0.4, -0.2) is 5.33 Å². The summed E-state index contributed by atoms with van der Waals surface area (Å²) in [7, 11) is 0. The Morgan fingerprint density at radius 1 is 0.833 bits per heavy atom. The van der Waals surface area contributed by atoms with Gasteiger partial charge in [0, 0.05) is 5.33 Å². The second-order valence-corrected chi connectivity index (χ2v) is 5.90. The lowest BCUT2D eigenvalue weighted by molar-refractivity contribution is -0.0256. The monoisotopic (exact) mass is 228 g/mol. The Morgan fingerprint density at radius 2 is 1.33 bits per heavy atom. The van der Waals surface area contributed by atoms with Gasteiger partial charge in [0.15, 0.2) is 0 Å². The predicted octanol–water partition coefficient (Wildman–Crippen LogP) is 3.45. The lowest BCUT2D eigenvalue weighted by atomic mass is 9.52. The van der Waals surface area contributed by atoms with Gasteiger partial charge < -0.3 is 0 Å². The van der Waals surface area contributed by atoms with E-state index in [1.807, 2.05) is 0 Å². The first-order valence-electron chi connectivity index (χ1n) is 5.42. The van der Waals surface area contributed by atoms with Crippen molar-refractivity contribution in [3.05, 3.63) is 0 Å². The Labute approximate surface area is 83.2 Å². The van der Waals surface area contributed by atoms with E-state index in [0.717, 1.165) is 29.6 Å². The third-order valence-electron chi connectivity index (χ3n) is 4.60. The SMILES string of the molecule is BrCC1C2CC3CC(C2)CC1C3. The summed E-state index contributed by atoms with van der Waals surface area (Å²) in [6.07, 6.45) is 7.88. The Kier molecular flexibility index (Phi) is 1.79. The minimum absolute atomic E-state index is 1.05. The summed E-state index contributed by atoms with van der Waals surface area (Å²) in [5.41, 5.74) is 0. The highest BCUT2D eigenvalue weighted by atomic mass is 79.9. The molecular weight excluding hydrogens is 212 g/mol. The second-order valence-electron chi connectivity index (χ2n) is 5.25. The Morgan fingerprint density at radius 3 is 1.75 bits per heavy atom. The summed E-state index contributed by atoms with van der Waals surface area (Å²) < 4.78 is 0. The van der Waals surface area contributed by atoms with Gasteiger partial charge in [-0.1, -0.05) is 15.9 Å². The molecule has 4 rings (SSSR count). The van der Waals surface area contributed by atoms with Crippen LogP contribution in [-0.2, 0) is 0 Å². The minimum atomic E-state index is 1.05. The highest BCUT2D eigenvalue weighted by molar-refractivity contribution is 9.09. The molecule has 0 aliphatic heterocycles. The molecule has 68 valence electrons. The van der Waals surface area contributed by atoms with E-state index < -0.39 is 0 Å². The van der Waals surface area contributed by atoms with Crippen molar-refractivity contribution in [2.45, 2.75) is 32.1 Å². The van der Waals surface area contributed by atoms with Crippen LogP contribution in [0.3, 0.4) is 0 Å². The van der Waals surface area contributed by atoms with Gasteiger partial charge in [0.25, 0.3) is 0 Å². The molecule has 1 heteroatoms. The van der Waals surface area contributed by atoms with Crippen molar-refractivity contribution in [1.29, 1.82) is 0 Å². The van der Waals surface area contributed by atoms with Crippen molar-refractivity contribution in [1.82, 2.24) is 0 Å². The molecule has 12 heavy (non-hydrogen) atoms. The van der Waals surface area contributed by atoms with Gasteiger partial charge >= 0.3 is 0 Å². The fraction of sp³-hybridized carbons (Fsp3) is 1.00. The highest BCUT2D eigenvalue weighted by Gasteiger charge is 2.47. The normalized spacial score (nSPS) is 56.2. The lowest BCUT2D eigenvalue weighted by Gasteiger charge is -2.54. The van der Waals surface area contributed by atoms with Crippen molar-refractivity contribution in [2.24, 2.45) is 29.6 Å². The Bertz CT molecular complexity index is 159. The van der Waals surface area contributed by atoms with E-state index in [-0.39, 0.29) is 0 Å². The number of hydrogen-bond donors (Lipinski definition) is 0. The van der Waals surface area contributed by atoms with Crippen molar-refractivity contribution >= 4 is 15.9 Å². The lowest BCUT2D eigenvalue weighted by Crippen LogP contribution is -2.45. The molecule has 0 saturated heterocycles. The molecule has 0 amide bonds. The average Bonchev–Trinajstić information content (AvgIpc) is 2.02. The molecule has 0 spiro atoms. The third kappa shape index (κ3) is 1.01. The predicted molar refractivity (Wildman–Crippen MR) is 54.3 cm³/mol. The summed E-state index contributed by atoms with van der Waals surface area (Å²) in [4.78, 5) is 0. The molecule has 0 atom stereocenters. The zero-order chi connectivity index (χ0) is 8.13. The van der Waals surface area contributed by atoms with Crippen LogP contribution in [0.1, 0.15) is 32.1 Å². The van der Waals surface area contributed by atoms with E-state index in [1.54, 1.807) is 32.1 Å². The first kappa shape index (κ1) is 7.84. The summed E-state index contributed by atoms with van der Waals surface area (Å²) in [5, 5.41) is 1.28. The van der Waals surface area contributed by atoms with Crippen LogP contribution in [0.25, 0.3) is 0 Å². The Hall–Kier alpha value is 0.480.